The minimum atomic E-state index is -0.319. The predicted molar refractivity (Wildman–Crippen MR) is 109 cm³/mol. The van der Waals surface area contributed by atoms with E-state index in [0.29, 0.717) is 22.0 Å². The molecule has 2 aromatic rings. The number of pyridine rings is 1. The molecule has 0 N–H and O–H groups in total. The van der Waals surface area contributed by atoms with Gasteiger partial charge in [-0.3, -0.25) is 19.3 Å². The van der Waals surface area contributed by atoms with Crippen LogP contribution in [0.4, 0.5) is 0 Å². The summed E-state index contributed by atoms with van der Waals surface area (Å²) in [6.07, 6.45) is 4.95. The Morgan fingerprint density at radius 2 is 1.96 bits per heavy atom. The number of fused-ring (bicyclic) bond motifs is 3. The van der Waals surface area contributed by atoms with E-state index in [4.69, 9.17) is 4.74 Å². The highest BCUT2D eigenvalue weighted by Crippen LogP contribution is 2.61. The Morgan fingerprint density at radius 3 is 2.61 bits per heavy atom. The molecule has 3 atom stereocenters. The zero-order valence-electron chi connectivity index (χ0n) is 15.9. The standard InChI is InChI=1S/C21H22BrN3O3/c1-23-20(27)17-19(28-12-13-6-4-3-5-7-13)18(26)16(22)11-25(17)24(2)21(23)9-8-14-10-15(14)21/h3-7,11,14-15H,8-10,12H2,1-2H3/t14-,15+,21?/m1/s1. The van der Waals surface area contributed by atoms with Gasteiger partial charge < -0.3 is 9.64 Å². The number of amides is 1. The molecule has 1 aliphatic heterocycles. The molecular weight excluding hydrogens is 422 g/mol. The number of halogens is 1. The lowest BCUT2D eigenvalue weighted by Crippen LogP contribution is -2.68. The van der Waals surface area contributed by atoms with Crippen molar-refractivity contribution in [3.8, 4) is 5.75 Å². The molecule has 1 spiro atoms. The van der Waals surface area contributed by atoms with Crippen LogP contribution < -0.4 is 15.2 Å². The maximum atomic E-state index is 13.4. The second-order valence-corrected chi connectivity index (χ2v) is 8.86. The van der Waals surface area contributed by atoms with Gasteiger partial charge in [0.25, 0.3) is 5.91 Å². The molecule has 2 fully saturated rings. The van der Waals surface area contributed by atoms with Gasteiger partial charge in [0.2, 0.25) is 5.43 Å². The summed E-state index contributed by atoms with van der Waals surface area (Å²) in [4.78, 5) is 28.1. The largest absolute Gasteiger partial charge is 0.482 e. The lowest BCUT2D eigenvalue weighted by Gasteiger charge is -2.52. The van der Waals surface area contributed by atoms with Crippen molar-refractivity contribution in [2.75, 3.05) is 19.1 Å². The highest BCUT2D eigenvalue weighted by atomic mass is 79.9. The van der Waals surface area contributed by atoms with Crippen molar-refractivity contribution in [3.05, 3.63) is 62.5 Å². The molecule has 1 aromatic carbocycles. The fourth-order valence-corrected chi connectivity index (χ4v) is 5.49. The van der Waals surface area contributed by atoms with Crippen molar-refractivity contribution >= 4 is 21.8 Å². The van der Waals surface area contributed by atoms with Crippen LogP contribution in [0, 0.1) is 11.8 Å². The summed E-state index contributed by atoms with van der Waals surface area (Å²) in [7, 11) is 3.86. The number of ether oxygens (including phenoxy) is 1. The van der Waals surface area contributed by atoms with E-state index >= 15 is 0 Å². The first kappa shape index (κ1) is 17.8. The molecule has 28 heavy (non-hydrogen) atoms. The molecular formula is C21H22BrN3O3. The second kappa shape index (κ2) is 6.11. The third-order valence-corrected chi connectivity index (χ3v) is 7.26. The number of hydrogen-bond donors (Lipinski definition) is 0. The van der Waals surface area contributed by atoms with Crippen LogP contribution in [0.2, 0.25) is 0 Å². The van der Waals surface area contributed by atoms with Gasteiger partial charge in [0.05, 0.1) is 4.47 Å². The Hall–Kier alpha value is -2.28. The molecule has 7 heteroatoms. The number of carbonyl (C=O) groups excluding carboxylic acids is 1. The van der Waals surface area contributed by atoms with E-state index in [1.54, 1.807) is 6.20 Å². The number of rotatable bonds is 3. The normalized spacial score (nSPS) is 27.8. The van der Waals surface area contributed by atoms with E-state index in [1.807, 2.05) is 54.0 Å². The van der Waals surface area contributed by atoms with Gasteiger partial charge in [-0.2, -0.15) is 0 Å². The molecule has 0 radical (unpaired) electrons. The highest BCUT2D eigenvalue weighted by molar-refractivity contribution is 9.10. The molecule has 6 nitrogen and oxygen atoms in total. The van der Waals surface area contributed by atoms with Gasteiger partial charge in [0, 0.05) is 26.2 Å². The summed E-state index contributed by atoms with van der Waals surface area (Å²) < 4.78 is 8.13. The Morgan fingerprint density at radius 1 is 1.21 bits per heavy atom. The number of aromatic nitrogens is 1. The van der Waals surface area contributed by atoms with Crippen molar-refractivity contribution in [1.82, 2.24) is 9.58 Å². The van der Waals surface area contributed by atoms with Crippen LogP contribution in [0.1, 0.15) is 35.3 Å². The van der Waals surface area contributed by atoms with Gasteiger partial charge in [-0.05, 0) is 46.7 Å². The summed E-state index contributed by atoms with van der Waals surface area (Å²) in [6.45, 7) is 0.232. The third kappa shape index (κ3) is 2.32. The van der Waals surface area contributed by atoms with Crippen LogP contribution in [0.25, 0.3) is 0 Å². The monoisotopic (exact) mass is 443 g/mol. The van der Waals surface area contributed by atoms with E-state index in [2.05, 4.69) is 20.9 Å². The zero-order valence-corrected chi connectivity index (χ0v) is 17.5. The third-order valence-electron chi connectivity index (χ3n) is 6.70. The van der Waals surface area contributed by atoms with Crippen LogP contribution in [-0.4, -0.2) is 35.2 Å². The van der Waals surface area contributed by atoms with Gasteiger partial charge >= 0.3 is 0 Å². The molecule has 2 aliphatic carbocycles. The smallest absolute Gasteiger partial charge is 0.278 e. The van der Waals surface area contributed by atoms with Crippen molar-refractivity contribution < 1.29 is 9.53 Å². The minimum Gasteiger partial charge on any atom is -0.482 e. The van der Waals surface area contributed by atoms with Gasteiger partial charge in [0.1, 0.15) is 12.3 Å². The molecule has 1 amide bonds. The molecule has 0 bridgehead atoms. The molecule has 2 heterocycles. The molecule has 146 valence electrons. The average molecular weight is 444 g/mol. The lowest BCUT2D eigenvalue weighted by atomic mass is 9.99. The Labute approximate surface area is 171 Å². The molecule has 1 aromatic heterocycles. The van der Waals surface area contributed by atoms with Crippen LogP contribution >= 0.6 is 15.9 Å². The first-order chi connectivity index (χ1) is 13.4. The topological polar surface area (TPSA) is 54.8 Å². The van der Waals surface area contributed by atoms with Gasteiger partial charge in [-0.25, -0.2) is 0 Å². The van der Waals surface area contributed by atoms with Crippen LogP contribution in [0.15, 0.2) is 45.8 Å². The van der Waals surface area contributed by atoms with E-state index in [1.165, 1.54) is 0 Å². The average Bonchev–Trinajstić information content (AvgIpc) is 3.40. The predicted octanol–water partition coefficient (Wildman–Crippen LogP) is 2.97. The van der Waals surface area contributed by atoms with Crippen molar-refractivity contribution in [3.63, 3.8) is 0 Å². The highest BCUT2D eigenvalue weighted by Gasteiger charge is 2.65. The van der Waals surface area contributed by atoms with E-state index in [9.17, 15) is 9.59 Å². The van der Waals surface area contributed by atoms with Crippen LogP contribution in [0.5, 0.6) is 5.75 Å². The molecule has 3 aliphatic rings. The second-order valence-electron chi connectivity index (χ2n) is 8.01. The zero-order chi connectivity index (χ0) is 19.6. The summed E-state index contributed by atoms with van der Waals surface area (Å²) in [5.41, 5.74) is 0.617. The number of carbonyl (C=O) groups is 1. The summed E-state index contributed by atoms with van der Waals surface area (Å²) in [6, 6.07) is 9.64. The number of hydrogen-bond acceptors (Lipinski definition) is 4. The Bertz CT molecular complexity index is 1020. The SMILES string of the molecule is CN1C(=O)c2c(OCc3ccccc3)c(=O)c(Br)cn2N(C)C12CC[C@@H]1C[C@@H]12. The lowest BCUT2D eigenvalue weighted by molar-refractivity contribution is 0.0326. The molecule has 5 rings (SSSR count). The van der Waals surface area contributed by atoms with Gasteiger partial charge in [-0.1, -0.05) is 30.3 Å². The van der Waals surface area contributed by atoms with Crippen molar-refractivity contribution in [1.29, 1.82) is 0 Å². The fourth-order valence-electron chi connectivity index (χ4n) is 5.12. The number of nitrogens with zero attached hydrogens (tertiary/aromatic N) is 3. The summed E-state index contributed by atoms with van der Waals surface area (Å²) >= 11 is 3.37. The molecule has 0 saturated heterocycles. The van der Waals surface area contributed by atoms with Crippen molar-refractivity contribution in [2.45, 2.75) is 31.5 Å². The Balaban J connectivity index is 1.60. The quantitative estimate of drug-likeness (QED) is 0.731. The Kier molecular flexibility index (Phi) is 3.88. The minimum absolute atomic E-state index is 0.0992. The van der Waals surface area contributed by atoms with E-state index in [-0.39, 0.29) is 29.4 Å². The summed E-state index contributed by atoms with van der Waals surface area (Å²) in [5, 5.41) is 2.13. The fraction of sp³-hybridized carbons (Fsp3) is 0.429. The van der Waals surface area contributed by atoms with Crippen LogP contribution in [0.3, 0.4) is 0 Å². The first-order valence-electron chi connectivity index (χ1n) is 9.59. The first-order valence-corrected chi connectivity index (χ1v) is 10.4. The molecule has 1 unspecified atom stereocenters. The van der Waals surface area contributed by atoms with E-state index in [0.717, 1.165) is 24.8 Å². The van der Waals surface area contributed by atoms with Gasteiger partial charge in [0.15, 0.2) is 11.4 Å². The van der Waals surface area contributed by atoms with E-state index < -0.39 is 0 Å². The maximum absolute atomic E-state index is 13.4. The number of benzene rings is 1. The maximum Gasteiger partial charge on any atom is 0.278 e. The molecule has 2 saturated carbocycles. The summed E-state index contributed by atoms with van der Waals surface area (Å²) in [5.74, 6) is 1.14. The van der Waals surface area contributed by atoms with Crippen molar-refractivity contribution in [2.24, 2.45) is 11.8 Å². The van der Waals surface area contributed by atoms with Gasteiger partial charge in [-0.15, -0.1) is 0 Å². The van der Waals surface area contributed by atoms with Crippen LogP contribution in [-0.2, 0) is 6.61 Å².